The van der Waals surface area contributed by atoms with Gasteiger partial charge in [0.1, 0.15) is 6.33 Å². The number of benzene rings is 1. The number of hydrogen-bond donors (Lipinski definition) is 0. The summed E-state index contributed by atoms with van der Waals surface area (Å²) in [5, 5.41) is 3.76. The number of ether oxygens (including phenoxy) is 1. The van der Waals surface area contributed by atoms with Crippen molar-refractivity contribution in [2.24, 2.45) is 0 Å². The first-order valence-electron chi connectivity index (χ1n) is 5.54. The van der Waals surface area contributed by atoms with Crippen LogP contribution in [0.3, 0.4) is 0 Å². The number of aromatic nitrogens is 3. The van der Waals surface area contributed by atoms with E-state index in [0.29, 0.717) is 0 Å². The summed E-state index contributed by atoms with van der Waals surface area (Å²) in [7, 11) is 1.17. The average molecular weight is 285 g/mol. The average Bonchev–Trinajstić information content (AvgIpc) is 2.86. The van der Waals surface area contributed by atoms with Crippen LogP contribution in [0.15, 0.2) is 30.6 Å². The van der Waals surface area contributed by atoms with Gasteiger partial charge in [-0.25, -0.2) is 14.5 Å². The zero-order valence-electron chi connectivity index (χ0n) is 10.4. The van der Waals surface area contributed by atoms with E-state index in [-0.39, 0.29) is 17.9 Å². The first kappa shape index (κ1) is 14.0. The molecule has 0 aliphatic heterocycles. The summed E-state index contributed by atoms with van der Waals surface area (Å²) in [5.41, 5.74) is -0.698. The van der Waals surface area contributed by atoms with E-state index in [4.69, 9.17) is 0 Å². The fourth-order valence-corrected chi connectivity index (χ4v) is 1.66. The molecule has 106 valence electrons. The lowest BCUT2D eigenvalue weighted by atomic mass is 10.1. The molecule has 5 nitrogen and oxygen atoms in total. The summed E-state index contributed by atoms with van der Waals surface area (Å²) in [6.07, 6.45) is -3.26. The van der Waals surface area contributed by atoms with E-state index in [1.807, 2.05) is 0 Å². The van der Waals surface area contributed by atoms with Crippen LogP contribution in [-0.4, -0.2) is 27.8 Å². The van der Waals surface area contributed by atoms with E-state index in [0.717, 1.165) is 10.7 Å². The number of carbonyl (C=O) groups is 1. The molecule has 0 bridgehead atoms. The van der Waals surface area contributed by atoms with E-state index in [1.165, 1.54) is 31.6 Å². The molecule has 0 amide bonds. The Morgan fingerprint density at radius 1 is 1.35 bits per heavy atom. The van der Waals surface area contributed by atoms with Gasteiger partial charge in [-0.2, -0.15) is 13.2 Å². The molecule has 0 atom stereocenters. The third-order valence-corrected chi connectivity index (χ3v) is 2.56. The molecule has 0 spiro atoms. The fraction of sp³-hybridized carbons (Fsp3) is 0.250. The minimum atomic E-state index is -4.44. The van der Waals surface area contributed by atoms with Crippen LogP contribution in [-0.2, 0) is 17.5 Å². The number of rotatable bonds is 3. The van der Waals surface area contributed by atoms with Gasteiger partial charge in [0.2, 0.25) is 0 Å². The van der Waals surface area contributed by atoms with Crippen LogP contribution in [0.25, 0.3) is 0 Å². The number of hydrogen-bond acceptors (Lipinski definition) is 4. The van der Waals surface area contributed by atoms with Crippen molar-refractivity contribution in [3.05, 3.63) is 47.5 Å². The number of halogens is 3. The highest BCUT2D eigenvalue weighted by Gasteiger charge is 2.32. The first-order valence-corrected chi connectivity index (χ1v) is 5.54. The second kappa shape index (κ2) is 5.32. The SMILES string of the molecule is COC(=O)c1ncn(Cc2ccccc2C(F)(F)F)n1. The Morgan fingerprint density at radius 2 is 2.05 bits per heavy atom. The minimum Gasteiger partial charge on any atom is -0.463 e. The standard InChI is InChI=1S/C12H10F3N3O2/c1-20-11(19)10-16-7-18(17-10)6-8-4-2-3-5-9(8)12(13,14)15/h2-5,7H,6H2,1H3. The maximum absolute atomic E-state index is 12.8. The highest BCUT2D eigenvalue weighted by molar-refractivity contribution is 5.84. The van der Waals surface area contributed by atoms with Crippen LogP contribution in [0.5, 0.6) is 0 Å². The van der Waals surface area contributed by atoms with Crippen molar-refractivity contribution in [2.75, 3.05) is 7.11 Å². The molecular formula is C12H10F3N3O2. The zero-order valence-corrected chi connectivity index (χ0v) is 10.4. The molecule has 20 heavy (non-hydrogen) atoms. The van der Waals surface area contributed by atoms with Crippen LogP contribution < -0.4 is 0 Å². The van der Waals surface area contributed by atoms with Gasteiger partial charge in [0.15, 0.2) is 0 Å². The van der Waals surface area contributed by atoms with Gasteiger partial charge in [-0.05, 0) is 11.6 Å². The Balaban J connectivity index is 2.27. The Kier molecular flexibility index (Phi) is 3.73. The molecule has 0 aliphatic rings. The van der Waals surface area contributed by atoms with Gasteiger partial charge in [-0.15, -0.1) is 5.10 Å². The molecule has 8 heteroatoms. The van der Waals surface area contributed by atoms with Crippen molar-refractivity contribution in [1.82, 2.24) is 14.8 Å². The third-order valence-electron chi connectivity index (χ3n) is 2.56. The Morgan fingerprint density at radius 3 is 2.70 bits per heavy atom. The number of nitrogens with zero attached hydrogens (tertiary/aromatic N) is 3. The molecule has 0 unspecified atom stereocenters. The van der Waals surface area contributed by atoms with E-state index >= 15 is 0 Å². The summed E-state index contributed by atoms with van der Waals surface area (Å²) in [5.74, 6) is -0.940. The van der Waals surface area contributed by atoms with Crippen LogP contribution in [0, 0.1) is 0 Å². The molecule has 2 aromatic rings. The predicted molar refractivity (Wildman–Crippen MR) is 61.9 cm³/mol. The normalized spacial score (nSPS) is 11.4. The second-order valence-corrected chi connectivity index (χ2v) is 3.91. The molecule has 0 saturated heterocycles. The molecule has 0 N–H and O–H groups in total. The Labute approximate surface area is 112 Å². The predicted octanol–water partition coefficient (Wildman–Crippen LogP) is 2.13. The van der Waals surface area contributed by atoms with Gasteiger partial charge in [-0.3, -0.25) is 0 Å². The van der Waals surface area contributed by atoms with Crippen molar-refractivity contribution in [1.29, 1.82) is 0 Å². The Bertz CT molecular complexity index is 622. The van der Waals surface area contributed by atoms with Crippen LogP contribution in [0.2, 0.25) is 0 Å². The van der Waals surface area contributed by atoms with E-state index in [9.17, 15) is 18.0 Å². The number of esters is 1. The highest BCUT2D eigenvalue weighted by atomic mass is 19.4. The summed E-state index contributed by atoms with van der Waals surface area (Å²) >= 11 is 0. The summed E-state index contributed by atoms with van der Waals surface area (Å²) < 4.78 is 44.0. The molecule has 0 fully saturated rings. The summed E-state index contributed by atoms with van der Waals surface area (Å²) in [6, 6.07) is 5.16. The third kappa shape index (κ3) is 2.95. The lowest BCUT2D eigenvalue weighted by molar-refractivity contribution is -0.138. The topological polar surface area (TPSA) is 57.0 Å². The maximum Gasteiger partial charge on any atom is 0.416 e. The van der Waals surface area contributed by atoms with Crippen LogP contribution in [0.1, 0.15) is 21.7 Å². The Hall–Kier alpha value is -2.38. The smallest absolute Gasteiger partial charge is 0.416 e. The van der Waals surface area contributed by atoms with E-state index < -0.39 is 17.7 Å². The van der Waals surface area contributed by atoms with Crippen molar-refractivity contribution in [3.8, 4) is 0 Å². The summed E-state index contributed by atoms with van der Waals surface area (Å²) in [6.45, 7) is -0.139. The van der Waals surface area contributed by atoms with Crippen molar-refractivity contribution in [3.63, 3.8) is 0 Å². The van der Waals surface area contributed by atoms with Crippen molar-refractivity contribution >= 4 is 5.97 Å². The van der Waals surface area contributed by atoms with Gasteiger partial charge in [0, 0.05) is 0 Å². The lowest BCUT2D eigenvalue weighted by Gasteiger charge is -2.12. The molecule has 1 aromatic heterocycles. The molecule has 0 radical (unpaired) electrons. The molecule has 0 saturated carbocycles. The zero-order chi connectivity index (χ0) is 14.8. The molecule has 1 aromatic carbocycles. The van der Waals surface area contributed by atoms with Gasteiger partial charge in [0.25, 0.3) is 5.82 Å². The monoisotopic (exact) mass is 285 g/mol. The number of methoxy groups -OCH3 is 1. The maximum atomic E-state index is 12.8. The highest BCUT2D eigenvalue weighted by Crippen LogP contribution is 2.32. The molecule has 0 aliphatic carbocycles. The van der Waals surface area contributed by atoms with Gasteiger partial charge in [0.05, 0.1) is 19.2 Å². The molecule has 1 heterocycles. The van der Waals surface area contributed by atoms with Gasteiger partial charge >= 0.3 is 12.1 Å². The molecule has 2 rings (SSSR count). The van der Waals surface area contributed by atoms with Gasteiger partial charge in [-0.1, -0.05) is 18.2 Å². The van der Waals surface area contributed by atoms with Gasteiger partial charge < -0.3 is 4.74 Å². The summed E-state index contributed by atoms with van der Waals surface area (Å²) in [4.78, 5) is 14.8. The van der Waals surface area contributed by atoms with Crippen LogP contribution >= 0.6 is 0 Å². The minimum absolute atomic E-state index is 0.0429. The number of alkyl halides is 3. The largest absolute Gasteiger partial charge is 0.463 e. The first-order chi connectivity index (χ1) is 9.41. The second-order valence-electron chi connectivity index (χ2n) is 3.91. The van der Waals surface area contributed by atoms with E-state index in [1.54, 1.807) is 0 Å². The van der Waals surface area contributed by atoms with Crippen molar-refractivity contribution in [2.45, 2.75) is 12.7 Å². The van der Waals surface area contributed by atoms with E-state index in [2.05, 4.69) is 14.8 Å². The van der Waals surface area contributed by atoms with Crippen molar-refractivity contribution < 1.29 is 22.7 Å². The molecular weight excluding hydrogens is 275 g/mol. The lowest BCUT2D eigenvalue weighted by Crippen LogP contribution is -2.12. The number of carbonyl (C=O) groups excluding carboxylic acids is 1. The quantitative estimate of drug-likeness (QED) is 0.811. The van der Waals surface area contributed by atoms with Crippen LogP contribution in [0.4, 0.5) is 13.2 Å². The fourth-order valence-electron chi connectivity index (χ4n) is 1.66.